The largest absolute Gasteiger partial charge is 0.361 e. The molecule has 1 heterocycles. The third-order valence-electron chi connectivity index (χ3n) is 3.89. The lowest BCUT2D eigenvalue weighted by Crippen LogP contribution is -2.26. The number of aromatic nitrogens is 1. The van der Waals surface area contributed by atoms with E-state index in [2.05, 4.69) is 36.3 Å². The van der Waals surface area contributed by atoms with E-state index in [4.69, 9.17) is 5.73 Å². The molecule has 3 N–H and O–H groups in total. The zero-order chi connectivity index (χ0) is 11.1. The molecule has 0 aliphatic heterocycles. The summed E-state index contributed by atoms with van der Waals surface area (Å²) in [7, 11) is 0. The van der Waals surface area contributed by atoms with Crippen molar-refractivity contribution in [2.45, 2.75) is 32.2 Å². The molecule has 3 rings (SSSR count). The zero-order valence-corrected chi connectivity index (χ0v) is 9.66. The second-order valence-corrected chi connectivity index (χ2v) is 5.01. The van der Waals surface area contributed by atoms with Crippen LogP contribution >= 0.6 is 0 Å². The molecule has 2 aromatic rings. The number of fused-ring (bicyclic) bond motifs is 1. The molecule has 1 fully saturated rings. The van der Waals surface area contributed by atoms with Crippen LogP contribution in [0.25, 0.3) is 10.9 Å². The number of benzene rings is 1. The maximum Gasteiger partial charge on any atom is 0.0457 e. The van der Waals surface area contributed by atoms with Gasteiger partial charge in [-0.15, -0.1) is 0 Å². The minimum absolute atomic E-state index is 0.212. The molecule has 2 nitrogen and oxygen atoms in total. The topological polar surface area (TPSA) is 41.8 Å². The first-order chi connectivity index (χ1) is 7.75. The van der Waals surface area contributed by atoms with E-state index in [-0.39, 0.29) is 6.04 Å². The summed E-state index contributed by atoms with van der Waals surface area (Å²) < 4.78 is 0. The van der Waals surface area contributed by atoms with Gasteiger partial charge in [0.2, 0.25) is 0 Å². The van der Waals surface area contributed by atoms with Crippen LogP contribution in [0.2, 0.25) is 0 Å². The third kappa shape index (κ3) is 1.45. The van der Waals surface area contributed by atoms with Crippen molar-refractivity contribution in [3.05, 3.63) is 35.5 Å². The Morgan fingerprint density at radius 3 is 2.88 bits per heavy atom. The van der Waals surface area contributed by atoms with Crippen molar-refractivity contribution in [2.75, 3.05) is 0 Å². The van der Waals surface area contributed by atoms with Crippen molar-refractivity contribution in [1.29, 1.82) is 0 Å². The van der Waals surface area contributed by atoms with Gasteiger partial charge in [-0.1, -0.05) is 18.1 Å². The molecule has 0 radical (unpaired) electrons. The Kier molecular flexibility index (Phi) is 2.25. The second kappa shape index (κ2) is 3.63. The fourth-order valence-corrected chi connectivity index (χ4v) is 2.58. The molecular weight excluding hydrogens is 196 g/mol. The van der Waals surface area contributed by atoms with Gasteiger partial charge in [-0.3, -0.25) is 0 Å². The summed E-state index contributed by atoms with van der Waals surface area (Å²) in [5.41, 5.74) is 10.1. The molecule has 0 spiro atoms. The number of rotatable bonds is 2. The van der Waals surface area contributed by atoms with Gasteiger partial charge in [0.15, 0.2) is 0 Å². The highest BCUT2D eigenvalue weighted by molar-refractivity contribution is 5.84. The van der Waals surface area contributed by atoms with E-state index in [0.717, 1.165) is 0 Å². The molecular formula is C14H18N2. The lowest BCUT2D eigenvalue weighted by molar-refractivity contribution is 0.265. The summed E-state index contributed by atoms with van der Waals surface area (Å²) in [6.45, 7) is 2.13. The average Bonchev–Trinajstić information content (AvgIpc) is 2.57. The van der Waals surface area contributed by atoms with Gasteiger partial charge in [0.05, 0.1) is 0 Å². The summed E-state index contributed by atoms with van der Waals surface area (Å²) in [5, 5.41) is 1.31. The van der Waals surface area contributed by atoms with Gasteiger partial charge < -0.3 is 10.7 Å². The van der Waals surface area contributed by atoms with Crippen LogP contribution in [-0.4, -0.2) is 4.98 Å². The summed E-state index contributed by atoms with van der Waals surface area (Å²) >= 11 is 0. The molecule has 0 bridgehead atoms. The lowest BCUT2D eigenvalue weighted by atomic mass is 9.77. The first-order valence-electron chi connectivity index (χ1n) is 6.09. The second-order valence-electron chi connectivity index (χ2n) is 5.01. The van der Waals surface area contributed by atoms with Gasteiger partial charge in [0.25, 0.3) is 0 Å². The lowest BCUT2D eigenvalue weighted by Gasteiger charge is -2.31. The molecule has 1 aliphatic carbocycles. The van der Waals surface area contributed by atoms with Crippen molar-refractivity contribution < 1.29 is 0 Å². The predicted molar refractivity (Wildman–Crippen MR) is 67.3 cm³/mol. The average molecular weight is 214 g/mol. The fourth-order valence-electron chi connectivity index (χ4n) is 2.58. The molecule has 1 unspecified atom stereocenters. The van der Waals surface area contributed by atoms with Crippen molar-refractivity contribution in [3.8, 4) is 0 Å². The van der Waals surface area contributed by atoms with Crippen LogP contribution in [0.4, 0.5) is 0 Å². The molecule has 1 saturated carbocycles. The summed E-state index contributed by atoms with van der Waals surface area (Å²) in [5.74, 6) is 0.694. The first-order valence-corrected chi connectivity index (χ1v) is 6.09. The molecule has 0 amide bonds. The quantitative estimate of drug-likeness (QED) is 0.791. The van der Waals surface area contributed by atoms with E-state index in [9.17, 15) is 0 Å². The first kappa shape index (κ1) is 9.91. The van der Waals surface area contributed by atoms with Crippen LogP contribution < -0.4 is 5.73 Å². The van der Waals surface area contributed by atoms with Crippen LogP contribution in [0, 0.1) is 12.8 Å². The van der Waals surface area contributed by atoms with Crippen molar-refractivity contribution in [3.63, 3.8) is 0 Å². The Bertz CT molecular complexity index is 508. The number of hydrogen-bond acceptors (Lipinski definition) is 1. The molecule has 1 atom stereocenters. The van der Waals surface area contributed by atoms with Crippen molar-refractivity contribution in [2.24, 2.45) is 11.7 Å². The monoisotopic (exact) mass is 214 g/mol. The Morgan fingerprint density at radius 2 is 2.19 bits per heavy atom. The summed E-state index contributed by atoms with van der Waals surface area (Å²) in [6.07, 6.45) is 6.02. The molecule has 1 aromatic carbocycles. The highest BCUT2D eigenvalue weighted by Crippen LogP contribution is 2.38. The number of hydrogen-bond donors (Lipinski definition) is 2. The van der Waals surface area contributed by atoms with Crippen LogP contribution in [0.3, 0.4) is 0 Å². The molecule has 1 aromatic heterocycles. The Balaban J connectivity index is 2.05. The van der Waals surface area contributed by atoms with E-state index < -0.39 is 0 Å². The van der Waals surface area contributed by atoms with Crippen LogP contribution in [0.15, 0.2) is 24.4 Å². The van der Waals surface area contributed by atoms with Crippen LogP contribution in [-0.2, 0) is 0 Å². The highest BCUT2D eigenvalue weighted by Gasteiger charge is 2.27. The van der Waals surface area contributed by atoms with Gasteiger partial charge in [0, 0.05) is 23.1 Å². The Hall–Kier alpha value is -1.28. The van der Waals surface area contributed by atoms with Crippen LogP contribution in [0.5, 0.6) is 0 Å². The molecule has 16 heavy (non-hydrogen) atoms. The highest BCUT2D eigenvalue weighted by atomic mass is 14.7. The van der Waals surface area contributed by atoms with Gasteiger partial charge in [-0.05, 0) is 43.4 Å². The van der Waals surface area contributed by atoms with Gasteiger partial charge >= 0.3 is 0 Å². The van der Waals surface area contributed by atoms with Gasteiger partial charge in [-0.2, -0.15) is 0 Å². The van der Waals surface area contributed by atoms with Gasteiger partial charge in [0.1, 0.15) is 0 Å². The van der Waals surface area contributed by atoms with Gasteiger partial charge in [-0.25, -0.2) is 0 Å². The maximum absolute atomic E-state index is 6.34. The summed E-state index contributed by atoms with van der Waals surface area (Å²) in [6, 6.07) is 6.73. The Labute approximate surface area is 95.8 Å². The van der Waals surface area contributed by atoms with E-state index in [1.165, 1.54) is 41.3 Å². The smallest absolute Gasteiger partial charge is 0.0457 e. The SMILES string of the molecule is Cc1ccc2[nH]cc(C(N)C3CCC3)c2c1. The molecule has 0 saturated heterocycles. The maximum atomic E-state index is 6.34. The van der Waals surface area contributed by atoms with E-state index in [1.54, 1.807) is 0 Å². The molecule has 84 valence electrons. The normalized spacial score (nSPS) is 18.6. The number of nitrogens with two attached hydrogens (primary N) is 1. The van der Waals surface area contributed by atoms with Crippen molar-refractivity contribution >= 4 is 10.9 Å². The predicted octanol–water partition coefficient (Wildman–Crippen LogP) is 3.28. The Morgan fingerprint density at radius 1 is 1.38 bits per heavy atom. The number of aromatic amines is 1. The minimum atomic E-state index is 0.212. The summed E-state index contributed by atoms with van der Waals surface area (Å²) in [4.78, 5) is 3.32. The fraction of sp³-hybridized carbons (Fsp3) is 0.429. The number of aryl methyl sites for hydroxylation is 1. The van der Waals surface area contributed by atoms with E-state index >= 15 is 0 Å². The molecule has 2 heteroatoms. The third-order valence-corrected chi connectivity index (χ3v) is 3.89. The number of H-pyrrole nitrogens is 1. The minimum Gasteiger partial charge on any atom is -0.361 e. The molecule has 1 aliphatic rings. The number of nitrogens with one attached hydrogen (secondary N) is 1. The zero-order valence-electron chi connectivity index (χ0n) is 9.66. The van der Waals surface area contributed by atoms with E-state index in [1.807, 2.05) is 0 Å². The van der Waals surface area contributed by atoms with Crippen LogP contribution in [0.1, 0.15) is 36.4 Å². The van der Waals surface area contributed by atoms with E-state index in [0.29, 0.717) is 5.92 Å². The van der Waals surface area contributed by atoms with Crippen molar-refractivity contribution in [1.82, 2.24) is 4.98 Å². The standard InChI is InChI=1S/C14H18N2/c1-9-5-6-13-11(7-9)12(8-16-13)14(15)10-3-2-4-10/h5-8,10,14,16H,2-4,15H2,1H3.